The Balaban J connectivity index is 1.52. The lowest BCUT2D eigenvalue weighted by molar-refractivity contribution is -0.122. The SMILES string of the molecule is COc1cccc(-c2ccc(CNC(=O)CC3COCCN3)cc2)c1. The first kappa shape index (κ1) is 17.5. The summed E-state index contributed by atoms with van der Waals surface area (Å²) in [6, 6.07) is 16.3. The smallest absolute Gasteiger partial charge is 0.221 e. The summed E-state index contributed by atoms with van der Waals surface area (Å²) in [5.74, 6) is 0.883. The maximum atomic E-state index is 12.0. The van der Waals surface area contributed by atoms with Gasteiger partial charge in [-0.25, -0.2) is 0 Å². The van der Waals surface area contributed by atoms with Gasteiger partial charge in [0.2, 0.25) is 5.91 Å². The quantitative estimate of drug-likeness (QED) is 0.847. The second kappa shape index (κ2) is 8.65. The van der Waals surface area contributed by atoms with Gasteiger partial charge in [0.05, 0.1) is 20.3 Å². The van der Waals surface area contributed by atoms with Gasteiger partial charge in [0.25, 0.3) is 0 Å². The molecule has 3 rings (SSSR count). The van der Waals surface area contributed by atoms with Crippen LogP contribution in [0.1, 0.15) is 12.0 Å². The molecule has 1 fully saturated rings. The molecule has 0 radical (unpaired) electrons. The molecule has 1 heterocycles. The third-order valence-electron chi connectivity index (χ3n) is 4.28. The predicted molar refractivity (Wildman–Crippen MR) is 97.5 cm³/mol. The third kappa shape index (κ3) is 5.05. The van der Waals surface area contributed by atoms with E-state index in [9.17, 15) is 4.79 Å². The summed E-state index contributed by atoms with van der Waals surface area (Å²) in [5.41, 5.74) is 3.31. The highest BCUT2D eigenvalue weighted by atomic mass is 16.5. The standard InChI is InChI=1S/C20H24N2O3/c1-24-19-4-2-3-17(11-19)16-7-5-15(6-8-16)13-22-20(23)12-18-14-25-10-9-21-18/h2-8,11,18,21H,9-10,12-14H2,1H3,(H,22,23). The monoisotopic (exact) mass is 340 g/mol. The van der Waals surface area contributed by atoms with Crippen LogP contribution in [0.5, 0.6) is 5.75 Å². The number of benzene rings is 2. The highest BCUT2D eigenvalue weighted by Gasteiger charge is 2.16. The molecule has 1 saturated heterocycles. The van der Waals surface area contributed by atoms with Crippen LogP contribution in [-0.2, 0) is 16.1 Å². The molecule has 2 N–H and O–H groups in total. The summed E-state index contributed by atoms with van der Waals surface area (Å²) < 4.78 is 10.6. The number of nitrogens with one attached hydrogen (secondary N) is 2. The molecule has 0 aliphatic carbocycles. The van der Waals surface area contributed by atoms with Gasteiger partial charge in [-0.15, -0.1) is 0 Å². The summed E-state index contributed by atoms with van der Waals surface area (Å²) in [5, 5.41) is 6.26. The maximum absolute atomic E-state index is 12.0. The highest BCUT2D eigenvalue weighted by Crippen LogP contribution is 2.24. The lowest BCUT2D eigenvalue weighted by atomic mass is 10.0. The summed E-state index contributed by atoms with van der Waals surface area (Å²) in [6.07, 6.45) is 0.446. The molecule has 1 aliphatic heterocycles. The molecular weight excluding hydrogens is 316 g/mol. The van der Waals surface area contributed by atoms with E-state index in [4.69, 9.17) is 9.47 Å². The van der Waals surface area contributed by atoms with E-state index in [0.29, 0.717) is 19.6 Å². The Morgan fingerprint density at radius 3 is 2.80 bits per heavy atom. The molecule has 5 nitrogen and oxygen atoms in total. The number of methoxy groups -OCH3 is 1. The number of rotatable bonds is 6. The number of ether oxygens (including phenoxy) is 2. The first-order valence-corrected chi connectivity index (χ1v) is 8.56. The number of amides is 1. The molecule has 2 aromatic rings. The summed E-state index contributed by atoms with van der Waals surface area (Å²) in [7, 11) is 1.67. The third-order valence-corrected chi connectivity index (χ3v) is 4.28. The van der Waals surface area contributed by atoms with Crippen LogP contribution in [0.15, 0.2) is 48.5 Å². The fourth-order valence-electron chi connectivity index (χ4n) is 2.87. The summed E-state index contributed by atoms with van der Waals surface area (Å²) in [4.78, 5) is 12.0. The van der Waals surface area contributed by atoms with Crippen LogP contribution in [0, 0.1) is 0 Å². The second-order valence-electron chi connectivity index (χ2n) is 6.14. The average Bonchev–Trinajstić information content (AvgIpc) is 2.67. The van der Waals surface area contributed by atoms with E-state index in [1.165, 1.54) is 0 Å². The molecule has 0 saturated carbocycles. The van der Waals surface area contributed by atoms with Crippen molar-refractivity contribution in [1.29, 1.82) is 0 Å². The number of hydrogen-bond donors (Lipinski definition) is 2. The van der Waals surface area contributed by atoms with Crippen molar-refractivity contribution in [2.24, 2.45) is 0 Å². The first-order chi connectivity index (χ1) is 12.2. The van der Waals surface area contributed by atoms with Gasteiger partial charge in [0, 0.05) is 25.6 Å². The Morgan fingerprint density at radius 1 is 1.24 bits per heavy atom. The predicted octanol–water partition coefficient (Wildman–Crippen LogP) is 2.36. The van der Waals surface area contributed by atoms with Crippen LogP contribution in [-0.4, -0.2) is 38.8 Å². The van der Waals surface area contributed by atoms with Crippen molar-refractivity contribution in [2.45, 2.75) is 19.0 Å². The van der Waals surface area contributed by atoms with Crippen molar-refractivity contribution in [1.82, 2.24) is 10.6 Å². The average molecular weight is 340 g/mol. The van der Waals surface area contributed by atoms with Crippen LogP contribution in [0.25, 0.3) is 11.1 Å². The Labute approximate surface area is 148 Å². The van der Waals surface area contributed by atoms with Crippen LogP contribution in [0.3, 0.4) is 0 Å². The molecular formula is C20H24N2O3. The van der Waals surface area contributed by atoms with Gasteiger partial charge >= 0.3 is 0 Å². The number of morpholine rings is 1. The van der Waals surface area contributed by atoms with Crippen molar-refractivity contribution >= 4 is 5.91 Å². The van der Waals surface area contributed by atoms with E-state index in [0.717, 1.165) is 35.6 Å². The van der Waals surface area contributed by atoms with Gasteiger partial charge in [-0.3, -0.25) is 4.79 Å². The van der Waals surface area contributed by atoms with Gasteiger partial charge in [-0.05, 0) is 28.8 Å². The molecule has 0 bridgehead atoms. The van der Waals surface area contributed by atoms with Crippen molar-refractivity contribution in [2.75, 3.05) is 26.9 Å². The van der Waals surface area contributed by atoms with Crippen molar-refractivity contribution in [3.63, 3.8) is 0 Å². The van der Waals surface area contributed by atoms with Crippen molar-refractivity contribution in [3.8, 4) is 16.9 Å². The van der Waals surface area contributed by atoms with E-state index in [1.807, 2.05) is 30.3 Å². The van der Waals surface area contributed by atoms with E-state index in [-0.39, 0.29) is 11.9 Å². The maximum Gasteiger partial charge on any atom is 0.221 e. The summed E-state index contributed by atoms with van der Waals surface area (Å²) >= 11 is 0. The molecule has 0 spiro atoms. The Morgan fingerprint density at radius 2 is 2.08 bits per heavy atom. The molecule has 1 unspecified atom stereocenters. The second-order valence-corrected chi connectivity index (χ2v) is 6.14. The molecule has 132 valence electrons. The highest BCUT2D eigenvalue weighted by molar-refractivity contribution is 5.76. The van der Waals surface area contributed by atoms with Crippen LogP contribution < -0.4 is 15.4 Å². The zero-order valence-corrected chi connectivity index (χ0v) is 14.5. The van der Waals surface area contributed by atoms with Crippen molar-refractivity contribution < 1.29 is 14.3 Å². The normalized spacial score (nSPS) is 17.1. The number of carbonyl (C=O) groups excluding carboxylic acids is 1. The van der Waals surface area contributed by atoms with E-state index in [2.05, 4.69) is 28.8 Å². The van der Waals surface area contributed by atoms with Gasteiger partial charge in [-0.2, -0.15) is 0 Å². The molecule has 1 atom stereocenters. The topological polar surface area (TPSA) is 59.6 Å². The Bertz CT molecular complexity index is 694. The minimum atomic E-state index is 0.0415. The molecule has 1 amide bonds. The molecule has 25 heavy (non-hydrogen) atoms. The van der Waals surface area contributed by atoms with Crippen LogP contribution in [0.4, 0.5) is 0 Å². The molecule has 1 aliphatic rings. The Kier molecular flexibility index (Phi) is 6.04. The van der Waals surface area contributed by atoms with Gasteiger partial charge in [0.15, 0.2) is 0 Å². The first-order valence-electron chi connectivity index (χ1n) is 8.56. The van der Waals surface area contributed by atoms with Gasteiger partial charge in [0.1, 0.15) is 5.75 Å². The van der Waals surface area contributed by atoms with Crippen LogP contribution >= 0.6 is 0 Å². The minimum Gasteiger partial charge on any atom is -0.497 e. The zero-order chi connectivity index (χ0) is 17.5. The van der Waals surface area contributed by atoms with Gasteiger partial charge < -0.3 is 20.1 Å². The number of hydrogen-bond acceptors (Lipinski definition) is 4. The zero-order valence-electron chi connectivity index (χ0n) is 14.5. The summed E-state index contributed by atoms with van der Waals surface area (Å²) in [6.45, 7) is 2.66. The fraction of sp³-hybridized carbons (Fsp3) is 0.350. The molecule has 5 heteroatoms. The number of carbonyl (C=O) groups is 1. The largest absolute Gasteiger partial charge is 0.497 e. The lowest BCUT2D eigenvalue weighted by Gasteiger charge is -2.23. The van der Waals surface area contributed by atoms with E-state index < -0.39 is 0 Å². The Hall–Kier alpha value is -2.37. The van der Waals surface area contributed by atoms with E-state index in [1.54, 1.807) is 7.11 Å². The minimum absolute atomic E-state index is 0.0415. The van der Waals surface area contributed by atoms with Crippen LogP contribution in [0.2, 0.25) is 0 Å². The van der Waals surface area contributed by atoms with E-state index >= 15 is 0 Å². The fourth-order valence-corrected chi connectivity index (χ4v) is 2.87. The molecule has 0 aromatic heterocycles. The molecule has 2 aromatic carbocycles. The van der Waals surface area contributed by atoms with Gasteiger partial charge in [-0.1, -0.05) is 36.4 Å². The van der Waals surface area contributed by atoms with Crippen molar-refractivity contribution in [3.05, 3.63) is 54.1 Å². The lowest BCUT2D eigenvalue weighted by Crippen LogP contribution is -2.44.